The van der Waals surface area contributed by atoms with E-state index in [4.69, 9.17) is 4.98 Å². The number of aromatic nitrogens is 2. The summed E-state index contributed by atoms with van der Waals surface area (Å²) in [6.45, 7) is 0. The number of rotatable bonds is 4. The molecule has 0 fully saturated rings. The number of pyridine rings is 1. The fourth-order valence-electron chi connectivity index (χ4n) is 2.60. The highest BCUT2D eigenvalue weighted by molar-refractivity contribution is 7.16. The minimum atomic E-state index is 0.986. The van der Waals surface area contributed by atoms with Crippen LogP contribution >= 0.6 is 11.3 Å². The Morgan fingerprint density at radius 1 is 0.720 bits per heavy atom. The zero-order chi connectivity index (χ0) is 16.9. The Labute approximate surface area is 151 Å². The van der Waals surface area contributed by atoms with Gasteiger partial charge in [0.1, 0.15) is 5.01 Å². The van der Waals surface area contributed by atoms with Gasteiger partial charge in [-0.25, -0.2) is 4.98 Å². The van der Waals surface area contributed by atoms with Crippen LogP contribution in [0.3, 0.4) is 0 Å². The van der Waals surface area contributed by atoms with Gasteiger partial charge in [-0.15, -0.1) is 11.3 Å². The second-order valence-corrected chi connectivity index (χ2v) is 6.61. The van der Waals surface area contributed by atoms with Crippen LogP contribution in [0.1, 0.15) is 10.4 Å². The molecular weight excluding hydrogens is 324 g/mol. The van der Waals surface area contributed by atoms with Crippen molar-refractivity contribution < 1.29 is 0 Å². The van der Waals surface area contributed by atoms with Crippen LogP contribution in [-0.4, -0.2) is 9.97 Å². The van der Waals surface area contributed by atoms with Crippen molar-refractivity contribution in [2.45, 2.75) is 0 Å². The first-order valence-corrected chi connectivity index (χ1v) is 8.91. The Morgan fingerprint density at radius 2 is 1.44 bits per heavy atom. The van der Waals surface area contributed by atoms with Gasteiger partial charge in [0, 0.05) is 23.5 Å². The molecule has 0 radical (unpaired) electrons. The van der Waals surface area contributed by atoms with E-state index in [1.54, 1.807) is 17.5 Å². The van der Waals surface area contributed by atoms with Crippen LogP contribution in [0, 0.1) is 0 Å². The van der Waals surface area contributed by atoms with Gasteiger partial charge in [-0.1, -0.05) is 66.7 Å². The summed E-state index contributed by atoms with van der Waals surface area (Å²) in [7, 11) is 0. The molecule has 0 bridgehead atoms. The predicted octanol–water partition coefficient (Wildman–Crippen LogP) is 6.04. The second kappa shape index (κ2) is 7.24. The molecule has 2 heterocycles. The normalized spacial score (nSPS) is 11.0. The molecule has 120 valence electrons. The van der Waals surface area contributed by atoms with Gasteiger partial charge in [-0.3, -0.25) is 4.98 Å². The van der Waals surface area contributed by atoms with Crippen molar-refractivity contribution in [2.75, 3.05) is 0 Å². The van der Waals surface area contributed by atoms with Crippen LogP contribution in [-0.2, 0) is 0 Å². The van der Waals surface area contributed by atoms with E-state index in [0.717, 1.165) is 26.7 Å². The van der Waals surface area contributed by atoms with Crippen molar-refractivity contribution in [3.05, 3.63) is 95.6 Å². The summed E-state index contributed by atoms with van der Waals surface area (Å²) in [6.07, 6.45) is 7.92. The number of benzene rings is 2. The Bertz CT molecular complexity index is 974. The zero-order valence-electron chi connectivity index (χ0n) is 13.5. The third kappa shape index (κ3) is 3.57. The molecule has 0 unspecified atom stereocenters. The maximum absolute atomic E-state index is 4.89. The highest BCUT2D eigenvalue weighted by Crippen LogP contribution is 2.34. The van der Waals surface area contributed by atoms with E-state index < -0.39 is 0 Å². The van der Waals surface area contributed by atoms with E-state index >= 15 is 0 Å². The van der Waals surface area contributed by atoms with Crippen LogP contribution in [0.15, 0.2) is 85.2 Å². The van der Waals surface area contributed by atoms with Crippen molar-refractivity contribution in [3.8, 4) is 21.8 Å². The Kier molecular flexibility index (Phi) is 4.49. The molecule has 0 atom stereocenters. The van der Waals surface area contributed by atoms with Crippen LogP contribution in [0.2, 0.25) is 0 Å². The molecule has 0 spiro atoms. The van der Waals surface area contributed by atoms with Crippen molar-refractivity contribution in [1.82, 2.24) is 9.97 Å². The van der Waals surface area contributed by atoms with Crippen molar-refractivity contribution in [3.63, 3.8) is 0 Å². The fraction of sp³-hybridized carbons (Fsp3) is 0. The molecule has 4 aromatic rings. The van der Waals surface area contributed by atoms with Gasteiger partial charge in [0.2, 0.25) is 0 Å². The molecule has 2 aromatic carbocycles. The van der Waals surface area contributed by atoms with Crippen LogP contribution in [0.5, 0.6) is 0 Å². The SMILES string of the molecule is C(=C\c1sc(-c2cccnc2)nc1-c1ccccc1)/c1ccccc1. The van der Waals surface area contributed by atoms with Crippen molar-refractivity contribution in [1.29, 1.82) is 0 Å². The largest absolute Gasteiger partial charge is 0.264 e. The quantitative estimate of drug-likeness (QED) is 0.452. The van der Waals surface area contributed by atoms with Gasteiger partial charge in [0.15, 0.2) is 0 Å². The van der Waals surface area contributed by atoms with Gasteiger partial charge in [0.25, 0.3) is 0 Å². The number of thiazole rings is 1. The molecule has 0 amide bonds. The topological polar surface area (TPSA) is 25.8 Å². The molecule has 2 nitrogen and oxygen atoms in total. The van der Waals surface area contributed by atoms with Gasteiger partial charge in [-0.05, 0) is 23.8 Å². The molecular formula is C22H16N2S. The van der Waals surface area contributed by atoms with Crippen LogP contribution in [0.25, 0.3) is 34.0 Å². The summed E-state index contributed by atoms with van der Waals surface area (Å²) >= 11 is 1.69. The minimum absolute atomic E-state index is 0.986. The zero-order valence-corrected chi connectivity index (χ0v) is 14.4. The standard InChI is InChI=1S/C22H16N2S/c1-3-8-17(9-4-1)13-14-20-21(18-10-5-2-6-11-18)24-22(25-20)19-12-7-15-23-16-19/h1-16H/b14-13+. The molecule has 0 N–H and O–H groups in total. The van der Waals surface area contributed by atoms with E-state index in [2.05, 4.69) is 41.4 Å². The van der Waals surface area contributed by atoms with E-state index in [1.807, 2.05) is 54.7 Å². The molecule has 0 saturated heterocycles. The van der Waals surface area contributed by atoms with Crippen molar-refractivity contribution in [2.24, 2.45) is 0 Å². The Balaban J connectivity index is 1.78. The lowest BCUT2D eigenvalue weighted by atomic mass is 10.1. The molecule has 25 heavy (non-hydrogen) atoms. The summed E-state index contributed by atoms with van der Waals surface area (Å²) in [5, 5.41) is 0.986. The third-order valence-electron chi connectivity index (χ3n) is 3.84. The van der Waals surface area contributed by atoms with E-state index in [9.17, 15) is 0 Å². The lowest BCUT2D eigenvalue weighted by Gasteiger charge is -1.98. The third-order valence-corrected chi connectivity index (χ3v) is 4.91. The second-order valence-electron chi connectivity index (χ2n) is 5.58. The smallest absolute Gasteiger partial charge is 0.126 e. The average Bonchev–Trinajstić information content (AvgIpc) is 3.13. The molecule has 4 rings (SSSR count). The minimum Gasteiger partial charge on any atom is -0.264 e. The van der Waals surface area contributed by atoms with Crippen molar-refractivity contribution >= 4 is 23.5 Å². The summed E-state index contributed by atoms with van der Waals surface area (Å²) in [6, 6.07) is 24.6. The van der Waals surface area contributed by atoms with Gasteiger partial charge >= 0.3 is 0 Å². The van der Waals surface area contributed by atoms with E-state index in [0.29, 0.717) is 0 Å². The van der Waals surface area contributed by atoms with Gasteiger partial charge in [-0.2, -0.15) is 0 Å². The fourth-order valence-corrected chi connectivity index (χ4v) is 3.58. The first kappa shape index (κ1) is 15.5. The molecule has 0 aliphatic carbocycles. The van der Waals surface area contributed by atoms with E-state index in [-0.39, 0.29) is 0 Å². The maximum Gasteiger partial charge on any atom is 0.126 e. The molecule has 0 saturated carbocycles. The summed E-state index contributed by atoms with van der Waals surface area (Å²) in [5.74, 6) is 0. The number of hydrogen-bond donors (Lipinski definition) is 0. The summed E-state index contributed by atoms with van der Waals surface area (Å²) in [5.41, 5.74) is 4.36. The molecule has 2 aromatic heterocycles. The van der Waals surface area contributed by atoms with Gasteiger partial charge in [0.05, 0.1) is 10.6 Å². The lowest BCUT2D eigenvalue weighted by molar-refractivity contribution is 1.31. The predicted molar refractivity (Wildman–Crippen MR) is 106 cm³/mol. The Morgan fingerprint density at radius 3 is 2.16 bits per heavy atom. The first-order chi connectivity index (χ1) is 12.4. The molecule has 3 heteroatoms. The van der Waals surface area contributed by atoms with Gasteiger partial charge < -0.3 is 0 Å². The number of nitrogens with zero attached hydrogens (tertiary/aromatic N) is 2. The molecule has 0 aliphatic heterocycles. The van der Waals surface area contributed by atoms with E-state index in [1.165, 1.54) is 5.56 Å². The highest BCUT2D eigenvalue weighted by atomic mass is 32.1. The summed E-state index contributed by atoms with van der Waals surface area (Å²) < 4.78 is 0. The lowest BCUT2D eigenvalue weighted by Crippen LogP contribution is -1.81. The number of hydrogen-bond acceptors (Lipinski definition) is 3. The molecule has 0 aliphatic rings. The summed E-state index contributed by atoms with van der Waals surface area (Å²) in [4.78, 5) is 10.3. The van der Waals surface area contributed by atoms with Crippen LogP contribution in [0.4, 0.5) is 0 Å². The monoisotopic (exact) mass is 340 g/mol. The maximum atomic E-state index is 4.89. The average molecular weight is 340 g/mol. The first-order valence-electron chi connectivity index (χ1n) is 8.10. The highest BCUT2D eigenvalue weighted by Gasteiger charge is 2.12. The van der Waals surface area contributed by atoms with Crippen LogP contribution < -0.4 is 0 Å². The Hall–Kier alpha value is -3.04.